The predicted molar refractivity (Wildman–Crippen MR) is 126 cm³/mol. The van der Waals surface area contributed by atoms with Gasteiger partial charge in [0.1, 0.15) is 6.61 Å². The zero-order chi connectivity index (χ0) is 23.6. The number of rotatable bonds is 7. The molecular formula is C23H23N3O5S2. The molecular weight excluding hydrogens is 462 g/mol. The van der Waals surface area contributed by atoms with E-state index in [1.807, 2.05) is 19.1 Å². The second-order valence-electron chi connectivity index (χ2n) is 7.44. The number of anilines is 2. The molecule has 0 saturated carbocycles. The van der Waals surface area contributed by atoms with Crippen molar-refractivity contribution in [2.75, 3.05) is 22.3 Å². The number of thiazole rings is 1. The predicted octanol–water partition coefficient (Wildman–Crippen LogP) is 3.62. The minimum Gasteiger partial charge on any atom is -0.456 e. The summed E-state index contributed by atoms with van der Waals surface area (Å²) in [5.74, 6) is -0.767. The van der Waals surface area contributed by atoms with Crippen LogP contribution in [0, 0.1) is 0 Å². The third-order valence-electron chi connectivity index (χ3n) is 5.32. The van der Waals surface area contributed by atoms with Gasteiger partial charge in [-0.15, -0.1) is 11.3 Å². The number of hydrogen-bond donors (Lipinski definition) is 0. The third kappa shape index (κ3) is 4.62. The number of aromatic nitrogens is 1. The van der Waals surface area contributed by atoms with E-state index in [1.54, 1.807) is 17.5 Å². The summed E-state index contributed by atoms with van der Waals surface area (Å²) in [7, 11) is -3.82. The number of sulfonamides is 1. The molecule has 0 radical (unpaired) electrons. The molecule has 0 aliphatic carbocycles. The molecule has 0 bridgehead atoms. The first-order valence-corrected chi connectivity index (χ1v) is 12.7. The van der Waals surface area contributed by atoms with Crippen LogP contribution in [0.1, 0.15) is 35.5 Å². The van der Waals surface area contributed by atoms with E-state index in [0.717, 1.165) is 5.56 Å². The summed E-state index contributed by atoms with van der Waals surface area (Å²) in [6, 6.07) is 13.2. The highest BCUT2D eigenvalue weighted by Gasteiger charge is 2.31. The first-order chi connectivity index (χ1) is 15.8. The number of carbonyl (C=O) groups excluding carboxylic acids is 2. The molecule has 172 valence electrons. The van der Waals surface area contributed by atoms with E-state index in [2.05, 4.69) is 4.98 Å². The Bertz CT molecular complexity index is 1300. The van der Waals surface area contributed by atoms with Gasteiger partial charge in [0.05, 0.1) is 21.8 Å². The lowest BCUT2D eigenvalue weighted by molar-refractivity contribution is -0.116. The highest BCUT2D eigenvalue weighted by Crippen LogP contribution is 2.32. The van der Waals surface area contributed by atoms with Crippen molar-refractivity contribution in [2.45, 2.75) is 31.8 Å². The molecule has 0 spiro atoms. The van der Waals surface area contributed by atoms with Gasteiger partial charge in [0.2, 0.25) is 5.91 Å². The van der Waals surface area contributed by atoms with E-state index < -0.39 is 16.0 Å². The van der Waals surface area contributed by atoms with Crippen LogP contribution >= 0.6 is 11.3 Å². The summed E-state index contributed by atoms with van der Waals surface area (Å²) in [6.45, 7) is 4.08. The number of fused-ring (bicyclic) bond motifs is 1. The number of ether oxygens (including phenoxy) is 1. The van der Waals surface area contributed by atoms with E-state index in [1.165, 1.54) is 51.7 Å². The number of nitrogens with zero attached hydrogens (tertiary/aromatic N) is 3. The first-order valence-electron chi connectivity index (χ1n) is 10.4. The molecule has 0 fully saturated rings. The van der Waals surface area contributed by atoms with Crippen LogP contribution < -0.4 is 9.21 Å². The molecule has 0 unspecified atom stereocenters. The topological polar surface area (TPSA) is 96.9 Å². The summed E-state index contributed by atoms with van der Waals surface area (Å²) >= 11 is 1.29. The molecule has 0 saturated heterocycles. The molecule has 1 amide bonds. The van der Waals surface area contributed by atoms with E-state index in [-0.39, 0.29) is 23.0 Å². The molecule has 0 atom stereocenters. The minimum absolute atomic E-state index is 0.0321. The number of benzene rings is 2. The van der Waals surface area contributed by atoms with Crippen LogP contribution in [0.2, 0.25) is 0 Å². The van der Waals surface area contributed by atoms with Gasteiger partial charge in [-0.25, -0.2) is 18.2 Å². The van der Waals surface area contributed by atoms with Crippen molar-refractivity contribution in [1.29, 1.82) is 0 Å². The number of esters is 1. The molecule has 2 heterocycles. The van der Waals surface area contributed by atoms with Crippen molar-refractivity contribution in [3.63, 3.8) is 0 Å². The molecule has 1 aromatic heterocycles. The molecule has 4 rings (SSSR count). The average Bonchev–Trinajstić information content (AvgIpc) is 3.45. The highest BCUT2D eigenvalue weighted by molar-refractivity contribution is 7.92. The zero-order valence-corrected chi connectivity index (χ0v) is 19.9. The number of carbonyl (C=O) groups is 2. The van der Waals surface area contributed by atoms with Crippen LogP contribution in [-0.2, 0) is 32.6 Å². The Morgan fingerprint density at radius 2 is 1.97 bits per heavy atom. The molecule has 8 nitrogen and oxygen atoms in total. The third-order valence-corrected chi connectivity index (χ3v) is 8.04. The molecule has 1 aliphatic heterocycles. The Hall–Kier alpha value is -3.24. The second kappa shape index (κ2) is 9.32. The van der Waals surface area contributed by atoms with Gasteiger partial charge in [-0.1, -0.05) is 24.3 Å². The van der Waals surface area contributed by atoms with Gasteiger partial charge in [-0.2, -0.15) is 0 Å². The van der Waals surface area contributed by atoms with Gasteiger partial charge in [0, 0.05) is 25.4 Å². The van der Waals surface area contributed by atoms with Crippen LogP contribution in [0.3, 0.4) is 0 Å². The molecule has 2 aromatic carbocycles. The zero-order valence-electron chi connectivity index (χ0n) is 18.2. The lowest BCUT2D eigenvalue weighted by Crippen LogP contribution is -2.29. The summed E-state index contributed by atoms with van der Waals surface area (Å²) < 4.78 is 33.2. The van der Waals surface area contributed by atoms with Gasteiger partial charge in [0.25, 0.3) is 10.0 Å². The fourth-order valence-electron chi connectivity index (χ4n) is 3.67. The molecule has 3 aromatic rings. The van der Waals surface area contributed by atoms with Crippen LogP contribution in [0.4, 0.5) is 10.8 Å². The largest absolute Gasteiger partial charge is 0.456 e. The lowest BCUT2D eigenvalue weighted by atomic mass is 10.2. The maximum atomic E-state index is 13.2. The Kier molecular flexibility index (Phi) is 6.48. The van der Waals surface area contributed by atoms with Gasteiger partial charge in [0.15, 0.2) is 5.13 Å². The quantitative estimate of drug-likeness (QED) is 0.474. The monoisotopic (exact) mass is 485 g/mol. The first kappa shape index (κ1) is 22.9. The normalized spacial score (nSPS) is 13.0. The SMILES string of the molecule is CCN(C(C)=O)c1nc(COC(=O)c2cccc(S(=O)(=O)N3CCc4ccccc43)c2)cs1. The van der Waals surface area contributed by atoms with Crippen molar-refractivity contribution in [3.8, 4) is 0 Å². The van der Waals surface area contributed by atoms with E-state index in [9.17, 15) is 18.0 Å². The molecule has 0 N–H and O–H groups in total. The van der Waals surface area contributed by atoms with Gasteiger partial charge < -0.3 is 4.74 Å². The summed E-state index contributed by atoms with van der Waals surface area (Å²) in [5.41, 5.74) is 2.29. The van der Waals surface area contributed by atoms with Crippen molar-refractivity contribution in [3.05, 3.63) is 70.7 Å². The van der Waals surface area contributed by atoms with Crippen molar-refractivity contribution in [2.24, 2.45) is 0 Å². The average molecular weight is 486 g/mol. The van der Waals surface area contributed by atoms with Crippen molar-refractivity contribution < 1.29 is 22.7 Å². The second-order valence-corrected chi connectivity index (χ2v) is 10.1. The summed E-state index contributed by atoms with van der Waals surface area (Å²) in [5, 5.41) is 2.26. The molecule has 33 heavy (non-hydrogen) atoms. The van der Waals surface area contributed by atoms with Crippen LogP contribution in [0.5, 0.6) is 0 Å². The molecule has 1 aliphatic rings. The Labute approximate surface area is 196 Å². The Morgan fingerprint density at radius 1 is 1.18 bits per heavy atom. The van der Waals surface area contributed by atoms with Crippen molar-refractivity contribution in [1.82, 2.24) is 4.98 Å². The maximum absolute atomic E-state index is 13.2. The number of amides is 1. The smallest absolute Gasteiger partial charge is 0.338 e. The number of para-hydroxylation sites is 1. The Balaban J connectivity index is 1.48. The van der Waals surface area contributed by atoms with E-state index in [0.29, 0.717) is 36.0 Å². The van der Waals surface area contributed by atoms with Crippen molar-refractivity contribution >= 4 is 44.1 Å². The maximum Gasteiger partial charge on any atom is 0.338 e. The minimum atomic E-state index is -3.82. The van der Waals surface area contributed by atoms with E-state index in [4.69, 9.17) is 4.74 Å². The number of hydrogen-bond acceptors (Lipinski definition) is 7. The lowest BCUT2D eigenvalue weighted by Gasteiger charge is -2.19. The van der Waals surface area contributed by atoms with Gasteiger partial charge in [-0.3, -0.25) is 14.0 Å². The van der Waals surface area contributed by atoms with Crippen LogP contribution in [0.15, 0.2) is 58.8 Å². The van der Waals surface area contributed by atoms with Crippen LogP contribution in [-0.4, -0.2) is 38.4 Å². The fraction of sp³-hybridized carbons (Fsp3) is 0.261. The summed E-state index contributed by atoms with van der Waals surface area (Å²) in [4.78, 5) is 30.2. The molecule has 10 heteroatoms. The Morgan fingerprint density at radius 3 is 2.73 bits per heavy atom. The standard InChI is InChI=1S/C23H23N3O5S2/c1-3-25(16(2)27)23-24-19(15-32-23)14-31-22(28)18-8-6-9-20(13-18)33(29,30)26-12-11-17-7-4-5-10-21(17)26/h4-10,13,15H,3,11-12,14H2,1-2H3. The fourth-order valence-corrected chi connectivity index (χ4v) is 6.14. The van der Waals surface area contributed by atoms with E-state index >= 15 is 0 Å². The van der Waals surface area contributed by atoms with Crippen LogP contribution in [0.25, 0.3) is 0 Å². The summed E-state index contributed by atoms with van der Waals surface area (Å²) in [6.07, 6.45) is 0.645. The van der Waals surface area contributed by atoms with Gasteiger partial charge in [-0.05, 0) is 43.2 Å². The highest BCUT2D eigenvalue weighted by atomic mass is 32.2. The van der Waals surface area contributed by atoms with Gasteiger partial charge >= 0.3 is 5.97 Å².